The molecule has 1 aromatic carbocycles. The summed E-state index contributed by atoms with van der Waals surface area (Å²) in [5.74, 6) is -1.07. The van der Waals surface area contributed by atoms with E-state index in [0.29, 0.717) is 19.4 Å². The zero-order chi connectivity index (χ0) is 22.1. The number of benzene rings is 1. The SMILES string of the molecule is CC(C)(C)OC(=O)N1CCC[C@@H]1C(=O)N1CC[C@H](c2ccccc2F)S(=O)(=O)CC1. The van der Waals surface area contributed by atoms with Crippen molar-refractivity contribution in [1.29, 1.82) is 0 Å². The third kappa shape index (κ3) is 4.94. The van der Waals surface area contributed by atoms with Crippen LogP contribution in [0.3, 0.4) is 0 Å². The Balaban J connectivity index is 1.75. The Morgan fingerprint density at radius 1 is 1.10 bits per heavy atom. The molecular formula is C21H29FN2O5S. The van der Waals surface area contributed by atoms with Crippen LogP contribution >= 0.6 is 0 Å². The number of ether oxygens (including phenoxy) is 1. The largest absolute Gasteiger partial charge is 0.444 e. The summed E-state index contributed by atoms with van der Waals surface area (Å²) in [6.07, 6.45) is 0.774. The average Bonchev–Trinajstić information content (AvgIpc) is 3.07. The normalized spacial score (nSPS) is 24.4. The van der Waals surface area contributed by atoms with Crippen LogP contribution in [0.25, 0.3) is 0 Å². The summed E-state index contributed by atoms with van der Waals surface area (Å²) >= 11 is 0. The lowest BCUT2D eigenvalue weighted by atomic mass is 10.1. The number of nitrogens with zero attached hydrogens (tertiary/aromatic N) is 2. The van der Waals surface area contributed by atoms with E-state index in [9.17, 15) is 22.4 Å². The molecular weight excluding hydrogens is 411 g/mol. The molecule has 0 aliphatic carbocycles. The van der Waals surface area contributed by atoms with E-state index in [0.717, 1.165) is 0 Å². The van der Waals surface area contributed by atoms with Gasteiger partial charge >= 0.3 is 6.09 Å². The van der Waals surface area contributed by atoms with Crippen molar-refractivity contribution < 1.29 is 27.1 Å². The van der Waals surface area contributed by atoms with E-state index in [1.165, 1.54) is 28.0 Å². The van der Waals surface area contributed by atoms with Crippen LogP contribution in [0.15, 0.2) is 24.3 Å². The van der Waals surface area contributed by atoms with E-state index < -0.39 is 38.6 Å². The zero-order valence-electron chi connectivity index (χ0n) is 17.6. The van der Waals surface area contributed by atoms with Gasteiger partial charge in [-0.3, -0.25) is 9.69 Å². The molecule has 0 spiro atoms. The maximum atomic E-state index is 14.2. The molecule has 0 radical (unpaired) electrons. The van der Waals surface area contributed by atoms with Crippen molar-refractivity contribution in [2.75, 3.05) is 25.4 Å². The summed E-state index contributed by atoms with van der Waals surface area (Å²) in [5.41, 5.74) is -0.528. The van der Waals surface area contributed by atoms with Crippen molar-refractivity contribution in [1.82, 2.24) is 9.80 Å². The fourth-order valence-electron chi connectivity index (χ4n) is 4.02. The molecule has 0 unspecified atom stereocenters. The number of sulfone groups is 1. The minimum Gasteiger partial charge on any atom is -0.444 e. The lowest BCUT2D eigenvalue weighted by Crippen LogP contribution is -2.49. The van der Waals surface area contributed by atoms with Gasteiger partial charge in [-0.1, -0.05) is 18.2 Å². The fourth-order valence-corrected chi connectivity index (χ4v) is 5.82. The molecule has 2 heterocycles. The molecule has 0 bridgehead atoms. The lowest BCUT2D eigenvalue weighted by molar-refractivity contribution is -0.135. The van der Waals surface area contributed by atoms with Gasteiger partial charge in [0.1, 0.15) is 17.5 Å². The molecule has 2 saturated heterocycles. The molecule has 3 rings (SSSR count). The second kappa shape index (κ2) is 8.53. The first kappa shape index (κ1) is 22.5. The Labute approximate surface area is 177 Å². The van der Waals surface area contributed by atoms with E-state index in [2.05, 4.69) is 0 Å². The third-order valence-corrected chi connectivity index (χ3v) is 7.58. The van der Waals surface area contributed by atoms with Gasteiger partial charge in [-0.2, -0.15) is 0 Å². The van der Waals surface area contributed by atoms with E-state index in [4.69, 9.17) is 4.74 Å². The summed E-state index contributed by atoms with van der Waals surface area (Å²) in [4.78, 5) is 28.6. The van der Waals surface area contributed by atoms with Crippen LogP contribution in [0.5, 0.6) is 0 Å². The molecule has 1 aromatic rings. The van der Waals surface area contributed by atoms with Crippen LogP contribution in [0.2, 0.25) is 0 Å². The second-order valence-corrected chi connectivity index (χ2v) is 11.1. The third-order valence-electron chi connectivity index (χ3n) is 5.47. The molecule has 0 N–H and O–H groups in total. The van der Waals surface area contributed by atoms with Gasteiger partial charge in [0.25, 0.3) is 0 Å². The van der Waals surface area contributed by atoms with Crippen LogP contribution < -0.4 is 0 Å². The summed E-state index contributed by atoms with van der Waals surface area (Å²) in [5, 5.41) is -0.984. The van der Waals surface area contributed by atoms with Crippen molar-refractivity contribution in [3.05, 3.63) is 35.6 Å². The molecule has 7 nitrogen and oxygen atoms in total. The molecule has 2 amide bonds. The monoisotopic (exact) mass is 440 g/mol. The van der Waals surface area contributed by atoms with Gasteiger partial charge in [0, 0.05) is 25.2 Å². The van der Waals surface area contributed by atoms with E-state index in [1.807, 2.05) is 0 Å². The average molecular weight is 441 g/mol. The van der Waals surface area contributed by atoms with Crippen molar-refractivity contribution in [2.24, 2.45) is 0 Å². The first-order valence-corrected chi connectivity index (χ1v) is 12.0. The molecule has 9 heteroatoms. The van der Waals surface area contributed by atoms with Gasteiger partial charge in [0.2, 0.25) is 5.91 Å². The van der Waals surface area contributed by atoms with Crippen molar-refractivity contribution >= 4 is 21.8 Å². The Morgan fingerprint density at radius 2 is 1.80 bits per heavy atom. The van der Waals surface area contributed by atoms with Crippen LogP contribution in [0.4, 0.5) is 9.18 Å². The summed E-state index contributed by atoms with van der Waals surface area (Å²) in [6, 6.07) is 5.20. The Kier molecular flexibility index (Phi) is 6.40. The van der Waals surface area contributed by atoms with Crippen LogP contribution in [0, 0.1) is 5.82 Å². The highest BCUT2D eigenvalue weighted by atomic mass is 32.2. The number of rotatable bonds is 2. The number of amides is 2. The maximum Gasteiger partial charge on any atom is 0.410 e. The minimum absolute atomic E-state index is 0.0325. The minimum atomic E-state index is -3.62. The Hall–Kier alpha value is -2.16. The Bertz CT molecular complexity index is 912. The molecule has 2 atom stereocenters. The van der Waals surface area contributed by atoms with E-state index in [1.54, 1.807) is 26.8 Å². The molecule has 2 fully saturated rings. The number of halogens is 1. The van der Waals surface area contributed by atoms with Gasteiger partial charge in [0.15, 0.2) is 9.84 Å². The maximum absolute atomic E-state index is 14.2. The van der Waals surface area contributed by atoms with Crippen LogP contribution in [0.1, 0.15) is 50.8 Å². The second-order valence-electron chi connectivity index (χ2n) is 8.82. The highest BCUT2D eigenvalue weighted by molar-refractivity contribution is 7.91. The van der Waals surface area contributed by atoms with Crippen LogP contribution in [-0.4, -0.2) is 67.2 Å². The highest BCUT2D eigenvalue weighted by Crippen LogP contribution is 2.32. The standard InChI is InChI=1S/C21H29FN2O5S/c1-21(2,3)29-20(26)24-11-6-9-17(24)19(25)23-12-10-18(30(27,28)14-13-23)15-7-4-5-8-16(15)22/h4-5,7-8,17-18H,6,9-14H2,1-3H3/t17-,18-/m1/s1. The fraction of sp³-hybridized carbons (Fsp3) is 0.619. The number of likely N-dealkylation sites (tertiary alicyclic amines) is 1. The molecule has 2 aliphatic rings. The first-order valence-electron chi connectivity index (χ1n) is 10.2. The summed E-state index contributed by atoms with van der Waals surface area (Å²) in [7, 11) is -3.62. The van der Waals surface area contributed by atoms with Gasteiger partial charge < -0.3 is 9.64 Å². The molecule has 166 valence electrons. The van der Waals surface area contributed by atoms with E-state index in [-0.39, 0.29) is 36.7 Å². The van der Waals surface area contributed by atoms with Gasteiger partial charge in [-0.15, -0.1) is 0 Å². The number of hydrogen-bond acceptors (Lipinski definition) is 5. The van der Waals surface area contributed by atoms with Crippen molar-refractivity contribution in [3.8, 4) is 0 Å². The smallest absolute Gasteiger partial charge is 0.410 e. The topological polar surface area (TPSA) is 84.0 Å². The summed E-state index contributed by atoms with van der Waals surface area (Å²) < 4.78 is 45.2. The predicted octanol–water partition coefficient (Wildman–Crippen LogP) is 2.91. The first-order chi connectivity index (χ1) is 14.0. The van der Waals surface area contributed by atoms with E-state index >= 15 is 0 Å². The number of hydrogen-bond donors (Lipinski definition) is 0. The van der Waals surface area contributed by atoms with Gasteiger partial charge in [0.05, 0.1) is 11.0 Å². The highest BCUT2D eigenvalue weighted by Gasteiger charge is 2.41. The number of carbonyl (C=O) groups excluding carboxylic acids is 2. The Morgan fingerprint density at radius 3 is 2.47 bits per heavy atom. The lowest BCUT2D eigenvalue weighted by Gasteiger charge is -2.31. The summed E-state index contributed by atoms with van der Waals surface area (Å²) in [6.45, 7) is 5.94. The molecule has 0 saturated carbocycles. The molecule has 30 heavy (non-hydrogen) atoms. The molecule has 0 aromatic heterocycles. The predicted molar refractivity (Wildman–Crippen MR) is 110 cm³/mol. The van der Waals surface area contributed by atoms with Crippen LogP contribution in [-0.2, 0) is 19.4 Å². The van der Waals surface area contributed by atoms with Gasteiger partial charge in [-0.25, -0.2) is 17.6 Å². The van der Waals surface area contributed by atoms with Crippen molar-refractivity contribution in [2.45, 2.75) is 56.9 Å². The molecule has 2 aliphatic heterocycles. The van der Waals surface area contributed by atoms with Gasteiger partial charge in [-0.05, 0) is 46.1 Å². The number of carbonyl (C=O) groups is 2. The van der Waals surface area contributed by atoms with Crippen molar-refractivity contribution in [3.63, 3.8) is 0 Å². The quantitative estimate of drug-likeness (QED) is 0.706. The zero-order valence-corrected chi connectivity index (χ0v) is 18.5.